The van der Waals surface area contributed by atoms with E-state index in [2.05, 4.69) is 20.6 Å². The molecular weight excluding hydrogens is 415 g/mol. The predicted octanol–water partition coefficient (Wildman–Crippen LogP) is 2.98. The van der Waals surface area contributed by atoms with E-state index in [4.69, 9.17) is 10.5 Å². The van der Waals surface area contributed by atoms with Crippen LogP contribution < -0.4 is 16.4 Å². The summed E-state index contributed by atoms with van der Waals surface area (Å²) in [5, 5.41) is 16.7. The van der Waals surface area contributed by atoms with Crippen LogP contribution >= 0.6 is 0 Å². The second kappa shape index (κ2) is 9.56. The van der Waals surface area contributed by atoms with Crippen LogP contribution in [0.15, 0.2) is 6.20 Å². The SMILES string of the molecule is CC1(O)CCC[C@@H](Nc2nc(NC3CCC(OCC(F)(F)F)CC3)ncc2C(N)=O)C1. The van der Waals surface area contributed by atoms with Gasteiger partial charge in [-0.05, 0) is 58.3 Å². The molecule has 0 radical (unpaired) electrons. The Bertz CT molecular complexity index is 767. The van der Waals surface area contributed by atoms with E-state index in [0.29, 0.717) is 43.9 Å². The Morgan fingerprint density at radius 1 is 1.26 bits per heavy atom. The number of hydrogen-bond acceptors (Lipinski definition) is 7. The predicted molar refractivity (Wildman–Crippen MR) is 109 cm³/mol. The zero-order valence-electron chi connectivity index (χ0n) is 17.5. The zero-order chi connectivity index (χ0) is 22.6. The van der Waals surface area contributed by atoms with Gasteiger partial charge in [0, 0.05) is 18.3 Å². The molecular formula is C20H30F3N5O3. The lowest BCUT2D eigenvalue weighted by Crippen LogP contribution is -2.38. The van der Waals surface area contributed by atoms with Crippen LogP contribution in [0.4, 0.5) is 24.9 Å². The molecule has 0 spiro atoms. The summed E-state index contributed by atoms with van der Waals surface area (Å²) in [4.78, 5) is 20.4. The Labute approximate surface area is 179 Å². The van der Waals surface area contributed by atoms with Crippen molar-refractivity contribution in [1.82, 2.24) is 9.97 Å². The standard InChI is InChI=1S/C20H30F3N5O3/c1-19(30)8-2-3-13(9-19)26-17-15(16(24)29)10-25-18(28-17)27-12-4-6-14(7-5-12)31-11-20(21,22)23/h10,12-14,30H,2-9,11H2,1H3,(H2,24,29)(H2,25,26,27,28)/t12?,13-,14?,19?/m1/s1. The van der Waals surface area contributed by atoms with Gasteiger partial charge in [0.1, 0.15) is 12.4 Å². The molecule has 1 unspecified atom stereocenters. The molecule has 0 saturated heterocycles. The number of alkyl halides is 3. The van der Waals surface area contributed by atoms with Crippen molar-refractivity contribution in [3.63, 3.8) is 0 Å². The molecule has 1 amide bonds. The van der Waals surface area contributed by atoms with Crippen molar-refractivity contribution < 1.29 is 27.8 Å². The van der Waals surface area contributed by atoms with Crippen LogP contribution in [0.3, 0.4) is 0 Å². The van der Waals surface area contributed by atoms with Crippen LogP contribution in [0.2, 0.25) is 0 Å². The van der Waals surface area contributed by atoms with Gasteiger partial charge in [-0.15, -0.1) is 0 Å². The third-order valence-electron chi connectivity index (χ3n) is 5.84. The highest BCUT2D eigenvalue weighted by Crippen LogP contribution is 2.31. The van der Waals surface area contributed by atoms with Crippen molar-refractivity contribution in [2.45, 2.75) is 88.3 Å². The fraction of sp³-hybridized carbons (Fsp3) is 0.750. The largest absolute Gasteiger partial charge is 0.411 e. The molecule has 0 aliphatic heterocycles. The summed E-state index contributed by atoms with van der Waals surface area (Å²) in [7, 11) is 0. The molecule has 5 N–H and O–H groups in total. The number of nitrogens with zero attached hydrogens (tertiary/aromatic N) is 2. The Kier molecular flexibility index (Phi) is 7.25. The average molecular weight is 445 g/mol. The van der Waals surface area contributed by atoms with Gasteiger partial charge in [0.15, 0.2) is 0 Å². The van der Waals surface area contributed by atoms with E-state index in [9.17, 15) is 23.1 Å². The highest BCUT2D eigenvalue weighted by Gasteiger charge is 2.32. The van der Waals surface area contributed by atoms with E-state index in [1.165, 1.54) is 6.20 Å². The molecule has 3 rings (SSSR count). The molecule has 174 valence electrons. The molecule has 2 aliphatic carbocycles. The lowest BCUT2D eigenvalue weighted by molar-refractivity contribution is -0.187. The second-order valence-corrected chi connectivity index (χ2v) is 8.80. The zero-order valence-corrected chi connectivity index (χ0v) is 17.5. The summed E-state index contributed by atoms with van der Waals surface area (Å²) in [5.41, 5.74) is 4.85. The lowest BCUT2D eigenvalue weighted by atomic mass is 9.83. The average Bonchev–Trinajstić information content (AvgIpc) is 2.66. The van der Waals surface area contributed by atoms with Gasteiger partial charge in [0.25, 0.3) is 5.91 Å². The number of nitrogens with one attached hydrogen (secondary N) is 2. The van der Waals surface area contributed by atoms with Crippen LogP contribution in [-0.2, 0) is 4.74 Å². The van der Waals surface area contributed by atoms with Crippen molar-refractivity contribution in [2.75, 3.05) is 17.2 Å². The van der Waals surface area contributed by atoms with Gasteiger partial charge in [-0.25, -0.2) is 4.98 Å². The first-order valence-electron chi connectivity index (χ1n) is 10.6. The second-order valence-electron chi connectivity index (χ2n) is 8.80. The van der Waals surface area contributed by atoms with E-state index in [1.54, 1.807) is 6.92 Å². The number of carbonyl (C=O) groups excluding carboxylic acids is 1. The van der Waals surface area contributed by atoms with Gasteiger partial charge in [0.2, 0.25) is 5.95 Å². The quantitative estimate of drug-likeness (QED) is 0.509. The van der Waals surface area contributed by atoms with Crippen LogP contribution in [0.25, 0.3) is 0 Å². The van der Waals surface area contributed by atoms with E-state index in [-0.39, 0.29) is 17.6 Å². The van der Waals surface area contributed by atoms with Crippen LogP contribution in [-0.4, -0.2) is 57.6 Å². The fourth-order valence-corrected chi connectivity index (χ4v) is 4.29. The van der Waals surface area contributed by atoms with E-state index in [1.807, 2.05) is 0 Å². The van der Waals surface area contributed by atoms with Gasteiger partial charge in [-0.1, -0.05) is 0 Å². The molecule has 31 heavy (non-hydrogen) atoms. The summed E-state index contributed by atoms with van der Waals surface area (Å²) in [6.07, 6.45) is 1.84. The summed E-state index contributed by atoms with van der Waals surface area (Å²) >= 11 is 0. The van der Waals surface area contributed by atoms with Crippen LogP contribution in [0.1, 0.15) is 68.6 Å². The number of nitrogens with two attached hydrogens (primary N) is 1. The van der Waals surface area contributed by atoms with Gasteiger partial charge in [0.05, 0.1) is 17.3 Å². The summed E-state index contributed by atoms with van der Waals surface area (Å²) in [6.45, 7) is 0.564. The first-order chi connectivity index (χ1) is 14.5. The van der Waals surface area contributed by atoms with Gasteiger partial charge in [-0.2, -0.15) is 18.2 Å². The molecule has 1 aromatic heterocycles. The Morgan fingerprint density at radius 2 is 1.97 bits per heavy atom. The van der Waals surface area contributed by atoms with Crippen molar-refractivity contribution in [3.8, 4) is 0 Å². The third-order valence-corrected chi connectivity index (χ3v) is 5.84. The molecule has 0 aromatic carbocycles. The third kappa shape index (κ3) is 7.20. The summed E-state index contributed by atoms with van der Waals surface area (Å²) in [6, 6.07) is -0.0563. The smallest absolute Gasteiger partial charge is 0.390 e. The van der Waals surface area contributed by atoms with E-state index in [0.717, 1.165) is 19.3 Å². The summed E-state index contributed by atoms with van der Waals surface area (Å²) in [5.74, 6) is -0.0245. The number of halogens is 3. The monoisotopic (exact) mass is 445 g/mol. The van der Waals surface area contributed by atoms with E-state index < -0.39 is 30.4 Å². The number of amides is 1. The molecule has 2 aliphatic rings. The van der Waals surface area contributed by atoms with Crippen molar-refractivity contribution in [2.24, 2.45) is 5.73 Å². The molecule has 2 saturated carbocycles. The number of ether oxygens (including phenoxy) is 1. The van der Waals surface area contributed by atoms with Gasteiger partial charge < -0.3 is 26.2 Å². The molecule has 2 atom stereocenters. The number of hydrogen-bond donors (Lipinski definition) is 4. The van der Waals surface area contributed by atoms with E-state index >= 15 is 0 Å². The Balaban J connectivity index is 1.60. The topological polar surface area (TPSA) is 122 Å². The molecule has 8 nitrogen and oxygen atoms in total. The fourth-order valence-electron chi connectivity index (χ4n) is 4.29. The molecule has 0 bridgehead atoms. The van der Waals surface area contributed by atoms with Crippen molar-refractivity contribution in [1.29, 1.82) is 0 Å². The van der Waals surface area contributed by atoms with Crippen LogP contribution in [0.5, 0.6) is 0 Å². The Hall–Kier alpha value is -2.14. The number of anilines is 2. The van der Waals surface area contributed by atoms with Crippen LogP contribution in [0, 0.1) is 0 Å². The number of carbonyl (C=O) groups is 1. The number of rotatable bonds is 7. The number of aromatic nitrogens is 2. The molecule has 1 aromatic rings. The molecule has 1 heterocycles. The summed E-state index contributed by atoms with van der Waals surface area (Å²) < 4.78 is 41.9. The number of aliphatic hydroxyl groups is 1. The molecule has 11 heteroatoms. The number of primary amides is 1. The molecule has 2 fully saturated rings. The maximum atomic E-state index is 12.3. The first-order valence-corrected chi connectivity index (χ1v) is 10.6. The highest BCUT2D eigenvalue weighted by atomic mass is 19.4. The van der Waals surface area contributed by atoms with Crippen molar-refractivity contribution >= 4 is 17.7 Å². The minimum Gasteiger partial charge on any atom is -0.390 e. The minimum absolute atomic E-state index is 0.00608. The lowest BCUT2D eigenvalue weighted by Gasteiger charge is -2.34. The van der Waals surface area contributed by atoms with Gasteiger partial charge >= 0.3 is 6.18 Å². The Morgan fingerprint density at radius 3 is 2.58 bits per heavy atom. The van der Waals surface area contributed by atoms with Crippen molar-refractivity contribution in [3.05, 3.63) is 11.8 Å². The normalized spacial score (nSPS) is 29.4. The van der Waals surface area contributed by atoms with Gasteiger partial charge in [-0.3, -0.25) is 4.79 Å². The maximum absolute atomic E-state index is 12.3. The highest BCUT2D eigenvalue weighted by molar-refractivity contribution is 5.97. The first kappa shape index (κ1) is 23.5. The maximum Gasteiger partial charge on any atom is 0.411 e. The minimum atomic E-state index is -4.32.